The minimum atomic E-state index is -0.481. The van der Waals surface area contributed by atoms with Crippen molar-refractivity contribution in [3.05, 3.63) is 35.4 Å². The molecular formula is C15H18F2O. The Morgan fingerprint density at radius 2 is 1.94 bits per heavy atom. The first kappa shape index (κ1) is 12.1. The minimum Gasteiger partial charge on any atom is -0.396 e. The highest BCUT2D eigenvalue weighted by atomic mass is 19.1. The van der Waals surface area contributed by atoms with Crippen LogP contribution in [-0.4, -0.2) is 11.7 Å². The Morgan fingerprint density at radius 3 is 2.44 bits per heavy atom. The lowest BCUT2D eigenvalue weighted by molar-refractivity contribution is 0.0635. The van der Waals surface area contributed by atoms with Crippen molar-refractivity contribution in [2.24, 2.45) is 17.3 Å². The average molecular weight is 252 g/mol. The molecule has 0 heterocycles. The molecule has 18 heavy (non-hydrogen) atoms. The topological polar surface area (TPSA) is 20.2 Å². The Hall–Kier alpha value is -0.960. The maximum absolute atomic E-state index is 13.7. The van der Waals surface area contributed by atoms with Crippen LogP contribution in [0.5, 0.6) is 0 Å². The standard InChI is InChI=1S/C15H18F2O/c16-13-2-1-3-14(17)12(13)8-15(9-18)7-10-4-5-11(15)6-10/h1-3,10-11,18H,4-9H2. The normalized spacial score (nSPS) is 34.2. The molecule has 98 valence electrons. The fraction of sp³-hybridized carbons (Fsp3) is 0.600. The Labute approximate surface area is 106 Å². The van der Waals surface area contributed by atoms with Crippen LogP contribution in [0.2, 0.25) is 0 Å². The van der Waals surface area contributed by atoms with Crippen LogP contribution in [0.1, 0.15) is 31.2 Å². The molecule has 2 saturated carbocycles. The van der Waals surface area contributed by atoms with E-state index in [2.05, 4.69) is 0 Å². The van der Waals surface area contributed by atoms with Crippen LogP contribution in [0.25, 0.3) is 0 Å². The van der Waals surface area contributed by atoms with E-state index in [1.165, 1.54) is 24.6 Å². The molecule has 2 aliphatic rings. The van der Waals surface area contributed by atoms with E-state index >= 15 is 0 Å². The molecule has 1 aromatic carbocycles. The summed E-state index contributed by atoms with van der Waals surface area (Å²) in [5.74, 6) is 0.125. The van der Waals surface area contributed by atoms with E-state index in [0.717, 1.165) is 19.3 Å². The predicted molar refractivity (Wildman–Crippen MR) is 65.0 cm³/mol. The molecule has 3 heteroatoms. The van der Waals surface area contributed by atoms with Gasteiger partial charge >= 0.3 is 0 Å². The smallest absolute Gasteiger partial charge is 0.129 e. The van der Waals surface area contributed by atoms with Gasteiger partial charge in [0.25, 0.3) is 0 Å². The number of rotatable bonds is 3. The van der Waals surface area contributed by atoms with Crippen molar-refractivity contribution >= 4 is 0 Å². The maximum atomic E-state index is 13.7. The van der Waals surface area contributed by atoms with Gasteiger partial charge in [0.1, 0.15) is 11.6 Å². The fourth-order valence-corrected chi connectivity index (χ4v) is 4.08. The van der Waals surface area contributed by atoms with Crippen LogP contribution < -0.4 is 0 Å². The van der Waals surface area contributed by atoms with E-state index in [9.17, 15) is 13.9 Å². The van der Waals surface area contributed by atoms with Gasteiger partial charge in [-0.15, -0.1) is 0 Å². The number of aliphatic hydroxyl groups excluding tert-OH is 1. The van der Waals surface area contributed by atoms with Crippen LogP contribution >= 0.6 is 0 Å². The first-order valence-corrected chi connectivity index (χ1v) is 6.68. The predicted octanol–water partition coefficient (Wildman–Crippen LogP) is 3.31. The third-order valence-electron chi connectivity index (χ3n) is 5.01. The summed E-state index contributed by atoms with van der Waals surface area (Å²) in [7, 11) is 0. The van der Waals surface area contributed by atoms with Crippen molar-refractivity contribution in [1.82, 2.24) is 0 Å². The molecule has 3 rings (SSSR count). The lowest BCUT2D eigenvalue weighted by Gasteiger charge is -2.36. The lowest BCUT2D eigenvalue weighted by Crippen LogP contribution is -2.34. The molecule has 3 atom stereocenters. The molecule has 0 amide bonds. The van der Waals surface area contributed by atoms with Gasteiger partial charge in [0.05, 0.1) is 0 Å². The number of fused-ring (bicyclic) bond motifs is 2. The van der Waals surface area contributed by atoms with E-state index in [0.29, 0.717) is 18.3 Å². The van der Waals surface area contributed by atoms with Gasteiger partial charge in [0.2, 0.25) is 0 Å². The Balaban J connectivity index is 1.91. The van der Waals surface area contributed by atoms with Crippen molar-refractivity contribution in [1.29, 1.82) is 0 Å². The maximum Gasteiger partial charge on any atom is 0.129 e. The number of aliphatic hydroxyl groups is 1. The zero-order chi connectivity index (χ0) is 12.8. The highest BCUT2D eigenvalue weighted by Crippen LogP contribution is 2.57. The number of benzene rings is 1. The first-order chi connectivity index (χ1) is 8.64. The molecule has 0 aliphatic heterocycles. The van der Waals surface area contributed by atoms with Crippen LogP contribution in [0, 0.1) is 28.9 Å². The van der Waals surface area contributed by atoms with Crippen LogP contribution in [0.3, 0.4) is 0 Å². The van der Waals surface area contributed by atoms with E-state index in [1.54, 1.807) is 0 Å². The SMILES string of the molecule is OCC1(Cc2c(F)cccc2F)CC2CCC1C2. The lowest BCUT2D eigenvalue weighted by atomic mass is 9.70. The van der Waals surface area contributed by atoms with Gasteiger partial charge in [0, 0.05) is 17.6 Å². The zero-order valence-electron chi connectivity index (χ0n) is 10.3. The molecule has 3 unspecified atom stereocenters. The average Bonchev–Trinajstić information content (AvgIpc) is 2.95. The van der Waals surface area contributed by atoms with Crippen LogP contribution in [0.15, 0.2) is 18.2 Å². The second-order valence-corrected chi connectivity index (χ2v) is 5.98. The van der Waals surface area contributed by atoms with Gasteiger partial charge in [-0.05, 0) is 49.7 Å². The zero-order valence-corrected chi connectivity index (χ0v) is 10.3. The van der Waals surface area contributed by atoms with Crippen molar-refractivity contribution in [2.75, 3.05) is 6.61 Å². The van der Waals surface area contributed by atoms with Gasteiger partial charge in [-0.3, -0.25) is 0 Å². The van der Waals surface area contributed by atoms with Gasteiger partial charge in [-0.2, -0.15) is 0 Å². The van der Waals surface area contributed by atoms with Crippen molar-refractivity contribution in [2.45, 2.75) is 32.1 Å². The third-order valence-corrected chi connectivity index (χ3v) is 5.01. The highest BCUT2D eigenvalue weighted by Gasteiger charge is 2.50. The van der Waals surface area contributed by atoms with Crippen molar-refractivity contribution in [3.8, 4) is 0 Å². The molecule has 0 aromatic heterocycles. The fourth-order valence-electron chi connectivity index (χ4n) is 4.08. The third kappa shape index (κ3) is 1.76. The molecule has 1 nitrogen and oxygen atoms in total. The summed E-state index contributed by atoms with van der Waals surface area (Å²) in [6.45, 7) is 0.0436. The number of hydrogen-bond acceptors (Lipinski definition) is 1. The monoisotopic (exact) mass is 252 g/mol. The van der Waals surface area contributed by atoms with Gasteiger partial charge in [-0.25, -0.2) is 8.78 Å². The Morgan fingerprint density at radius 1 is 1.22 bits per heavy atom. The summed E-state index contributed by atoms with van der Waals surface area (Å²) in [5, 5.41) is 9.74. The quantitative estimate of drug-likeness (QED) is 0.875. The van der Waals surface area contributed by atoms with Crippen LogP contribution in [0.4, 0.5) is 8.78 Å². The largest absolute Gasteiger partial charge is 0.396 e. The number of halogens is 2. The first-order valence-electron chi connectivity index (χ1n) is 6.68. The molecule has 1 N–H and O–H groups in total. The minimum absolute atomic E-state index is 0.0436. The summed E-state index contributed by atoms with van der Waals surface area (Å²) < 4.78 is 27.5. The summed E-state index contributed by atoms with van der Waals surface area (Å²) >= 11 is 0. The molecule has 2 fully saturated rings. The Kier molecular flexibility index (Phi) is 2.89. The molecule has 0 saturated heterocycles. The second kappa shape index (κ2) is 4.30. The summed E-state index contributed by atoms with van der Waals surface area (Å²) in [6.07, 6.45) is 4.69. The van der Waals surface area contributed by atoms with Gasteiger partial charge in [-0.1, -0.05) is 12.5 Å². The molecule has 2 aliphatic carbocycles. The van der Waals surface area contributed by atoms with E-state index in [1.807, 2.05) is 0 Å². The Bertz CT molecular complexity index is 440. The van der Waals surface area contributed by atoms with Crippen molar-refractivity contribution < 1.29 is 13.9 Å². The summed E-state index contributed by atoms with van der Waals surface area (Å²) in [6, 6.07) is 3.99. The second-order valence-electron chi connectivity index (χ2n) is 5.98. The van der Waals surface area contributed by atoms with Gasteiger partial charge < -0.3 is 5.11 Å². The van der Waals surface area contributed by atoms with E-state index in [4.69, 9.17) is 0 Å². The number of hydrogen-bond donors (Lipinski definition) is 1. The molecule has 0 radical (unpaired) electrons. The molecule has 2 bridgehead atoms. The summed E-state index contributed by atoms with van der Waals surface area (Å²) in [5.41, 5.74) is -0.134. The van der Waals surface area contributed by atoms with Gasteiger partial charge in [0.15, 0.2) is 0 Å². The molecular weight excluding hydrogens is 234 g/mol. The summed E-state index contributed by atoms with van der Waals surface area (Å²) in [4.78, 5) is 0. The molecule has 0 spiro atoms. The van der Waals surface area contributed by atoms with Crippen molar-refractivity contribution in [3.63, 3.8) is 0 Å². The highest BCUT2D eigenvalue weighted by molar-refractivity contribution is 5.22. The van der Waals surface area contributed by atoms with E-state index in [-0.39, 0.29) is 17.6 Å². The van der Waals surface area contributed by atoms with Crippen LogP contribution in [-0.2, 0) is 6.42 Å². The van der Waals surface area contributed by atoms with E-state index < -0.39 is 11.6 Å². The molecule has 1 aromatic rings.